The Morgan fingerprint density at radius 1 is 1.09 bits per heavy atom. The van der Waals surface area contributed by atoms with Gasteiger partial charge in [-0.05, 0) is 30.2 Å². The molecule has 0 atom stereocenters. The molecule has 1 amide bonds. The minimum atomic E-state index is -0.949. The molecule has 0 saturated carbocycles. The molecule has 0 aliphatic heterocycles. The van der Waals surface area contributed by atoms with Crippen LogP contribution >= 0.6 is 0 Å². The minimum Gasteiger partial charge on any atom is -0.478 e. The first kappa shape index (κ1) is 14.8. The van der Waals surface area contributed by atoms with Gasteiger partial charge in [-0.25, -0.2) is 4.79 Å². The molecular formula is C17H15N3O3. The lowest BCUT2D eigenvalue weighted by atomic mass is 10.1. The summed E-state index contributed by atoms with van der Waals surface area (Å²) in [7, 11) is 0. The Balaban J connectivity index is 1.60. The van der Waals surface area contributed by atoms with Crippen molar-refractivity contribution in [3.63, 3.8) is 0 Å². The third-order valence-electron chi connectivity index (χ3n) is 3.59. The number of fused-ring (bicyclic) bond motifs is 1. The van der Waals surface area contributed by atoms with E-state index in [4.69, 9.17) is 5.11 Å². The molecule has 0 fully saturated rings. The second kappa shape index (κ2) is 6.31. The van der Waals surface area contributed by atoms with Gasteiger partial charge in [0, 0.05) is 11.9 Å². The van der Waals surface area contributed by atoms with Crippen LogP contribution in [0.5, 0.6) is 0 Å². The van der Waals surface area contributed by atoms with E-state index < -0.39 is 5.97 Å². The number of carbonyl (C=O) groups is 2. The molecule has 0 radical (unpaired) electrons. The molecule has 6 nitrogen and oxygen atoms in total. The highest BCUT2D eigenvalue weighted by atomic mass is 16.4. The highest BCUT2D eigenvalue weighted by Crippen LogP contribution is 2.14. The molecule has 1 heterocycles. The second-order valence-electron chi connectivity index (χ2n) is 5.13. The summed E-state index contributed by atoms with van der Waals surface area (Å²) < 4.78 is 0. The van der Waals surface area contributed by atoms with Crippen molar-refractivity contribution in [1.29, 1.82) is 0 Å². The number of hydrogen-bond donors (Lipinski definition) is 3. The van der Waals surface area contributed by atoms with Crippen molar-refractivity contribution in [1.82, 2.24) is 15.5 Å². The van der Waals surface area contributed by atoms with Crippen molar-refractivity contribution in [2.24, 2.45) is 0 Å². The normalized spacial score (nSPS) is 10.6. The van der Waals surface area contributed by atoms with E-state index >= 15 is 0 Å². The largest absolute Gasteiger partial charge is 0.478 e. The standard InChI is InChI=1S/C17H15N3O3/c21-16(15-13-3-1-2-4-14(13)19-20-15)18-10-9-11-5-7-12(8-6-11)17(22)23/h1-8H,9-10H2,(H,18,21)(H,19,20)(H,22,23). The lowest BCUT2D eigenvalue weighted by Gasteiger charge is -2.04. The summed E-state index contributed by atoms with van der Waals surface area (Å²) in [6, 6.07) is 14.1. The van der Waals surface area contributed by atoms with E-state index in [-0.39, 0.29) is 11.5 Å². The number of amides is 1. The van der Waals surface area contributed by atoms with Crippen LogP contribution < -0.4 is 5.32 Å². The van der Waals surface area contributed by atoms with E-state index in [9.17, 15) is 9.59 Å². The van der Waals surface area contributed by atoms with Crippen LogP contribution in [0.3, 0.4) is 0 Å². The average Bonchev–Trinajstić information content (AvgIpc) is 2.99. The molecule has 0 aliphatic carbocycles. The van der Waals surface area contributed by atoms with Gasteiger partial charge in [0.25, 0.3) is 5.91 Å². The van der Waals surface area contributed by atoms with E-state index in [0.29, 0.717) is 18.7 Å². The molecule has 3 rings (SSSR count). The molecule has 0 aliphatic rings. The maximum Gasteiger partial charge on any atom is 0.335 e. The molecule has 6 heteroatoms. The lowest BCUT2D eigenvalue weighted by molar-refractivity contribution is 0.0696. The fourth-order valence-corrected chi connectivity index (χ4v) is 2.35. The molecule has 1 aromatic heterocycles. The van der Waals surface area contributed by atoms with Gasteiger partial charge in [-0.1, -0.05) is 30.3 Å². The number of rotatable bonds is 5. The smallest absolute Gasteiger partial charge is 0.335 e. The Morgan fingerprint density at radius 3 is 2.57 bits per heavy atom. The summed E-state index contributed by atoms with van der Waals surface area (Å²) in [4.78, 5) is 23.0. The van der Waals surface area contributed by atoms with Crippen molar-refractivity contribution in [3.05, 3.63) is 65.4 Å². The van der Waals surface area contributed by atoms with Crippen LogP contribution in [-0.2, 0) is 6.42 Å². The zero-order valence-corrected chi connectivity index (χ0v) is 12.2. The maximum absolute atomic E-state index is 12.2. The van der Waals surface area contributed by atoms with Gasteiger partial charge in [0.05, 0.1) is 11.1 Å². The Bertz CT molecular complexity index is 853. The Hall–Kier alpha value is -3.15. The highest BCUT2D eigenvalue weighted by Gasteiger charge is 2.13. The topological polar surface area (TPSA) is 95.1 Å². The molecule has 0 spiro atoms. The first-order valence-corrected chi connectivity index (χ1v) is 7.18. The SMILES string of the molecule is O=C(O)c1ccc(CCNC(=O)c2n[nH]c3ccccc23)cc1. The van der Waals surface area contributed by atoms with Gasteiger partial charge < -0.3 is 10.4 Å². The number of carbonyl (C=O) groups excluding carboxylic acids is 1. The van der Waals surface area contributed by atoms with Gasteiger partial charge in [0.1, 0.15) is 0 Å². The summed E-state index contributed by atoms with van der Waals surface area (Å²) in [5, 5.41) is 19.3. The van der Waals surface area contributed by atoms with Gasteiger partial charge in [-0.15, -0.1) is 0 Å². The van der Waals surface area contributed by atoms with Crippen LogP contribution in [0.25, 0.3) is 10.9 Å². The summed E-state index contributed by atoms with van der Waals surface area (Å²) in [6.07, 6.45) is 0.619. The molecule has 0 saturated heterocycles. The first-order valence-electron chi connectivity index (χ1n) is 7.18. The highest BCUT2D eigenvalue weighted by molar-refractivity contribution is 6.04. The van der Waals surface area contributed by atoms with Crippen molar-refractivity contribution in [2.45, 2.75) is 6.42 Å². The number of para-hydroxylation sites is 1. The monoisotopic (exact) mass is 309 g/mol. The number of carboxylic acid groups (broad SMARTS) is 1. The lowest BCUT2D eigenvalue weighted by Crippen LogP contribution is -2.26. The summed E-state index contributed by atoms with van der Waals surface area (Å²) in [5.74, 6) is -1.18. The van der Waals surface area contributed by atoms with E-state index in [0.717, 1.165) is 16.5 Å². The number of nitrogens with zero attached hydrogens (tertiary/aromatic N) is 1. The Labute approximate surface area is 132 Å². The molecule has 2 aromatic carbocycles. The van der Waals surface area contributed by atoms with E-state index in [1.807, 2.05) is 24.3 Å². The third-order valence-corrected chi connectivity index (χ3v) is 3.59. The summed E-state index contributed by atoms with van der Waals surface area (Å²) in [6.45, 7) is 0.451. The third kappa shape index (κ3) is 3.21. The van der Waals surface area contributed by atoms with Gasteiger partial charge in [0.2, 0.25) is 0 Å². The number of hydrogen-bond acceptors (Lipinski definition) is 3. The Morgan fingerprint density at radius 2 is 1.83 bits per heavy atom. The molecular weight excluding hydrogens is 294 g/mol. The summed E-state index contributed by atoms with van der Waals surface area (Å²) in [5.41, 5.74) is 2.41. The zero-order chi connectivity index (χ0) is 16.2. The molecule has 3 aromatic rings. The van der Waals surface area contributed by atoms with Crippen LogP contribution in [0, 0.1) is 0 Å². The van der Waals surface area contributed by atoms with Gasteiger partial charge in [0.15, 0.2) is 5.69 Å². The molecule has 3 N–H and O–H groups in total. The fourth-order valence-electron chi connectivity index (χ4n) is 2.35. The van der Waals surface area contributed by atoms with Gasteiger partial charge in [-0.2, -0.15) is 5.10 Å². The second-order valence-corrected chi connectivity index (χ2v) is 5.13. The number of aromatic amines is 1. The number of benzene rings is 2. The van der Waals surface area contributed by atoms with Crippen LogP contribution in [0.15, 0.2) is 48.5 Å². The van der Waals surface area contributed by atoms with Gasteiger partial charge >= 0.3 is 5.97 Å². The first-order chi connectivity index (χ1) is 11.1. The average molecular weight is 309 g/mol. The minimum absolute atomic E-state index is 0.232. The predicted molar refractivity (Wildman–Crippen MR) is 85.5 cm³/mol. The van der Waals surface area contributed by atoms with E-state index in [1.165, 1.54) is 0 Å². The van der Waals surface area contributed by atoms with Gasteiger partial charge in [-0.3, -0.25) is 9.89 Å². The number of nitrogens with one attached hydrogen (secondary N) is 2. The van der Waals surface area contributed by atoms with Crippen molar-refractivity contribution >= 4 is 22.8 Å². The van der Waals surface area contributed by atoms with Crippen molar-refractivity contribution in [3.8, 4) is 0 Å². The van der Waals surface area contributed by atoms with Crippen molar-refractivity contribution in [2.75, 3.05) is 6.54 Å². The maximum atomic E-state index is 12.2. The van der Waals surface area contributed by atoms with Crippen LogP contribution in [0.1, 0.15) is 26.4 Å². The Kier molecular flexibility index (Phi) is 4.05. The number of H-pyrrole nitrogens is 1. The summed E-state index contributed by atoms with van der Waals surface area (Å²) >= 11 is 0. The molecule has 116 valence electrons. The van der Waals surface area contributed by atoms with E-state index in [2.05, 4.69) is 15.5 Å². The zero-order valence-electron chi connectivity index (χ0n) is 12.2. The predicted octanol–water partition coefficient (Wildman–Crippen LogP) is 2.23. The van der Waals surface area contributed by atoms with Crippen LogP contribution in [0.4, 0.5) is 0 Å². The molecule has 0 bridgehead atoms. The van der Waals surface area contributed by atoms with Crippen LogP contribution in [0.2, 0.25) is 0 Å². The fraction of sp³-hybridized carbons (Fsp3) is 0.118. The quantitative estimate of drug-likeness (QED) is 0.673. The number of carboxylic acids is 1. The van der Waals surface area contributed by atoms with Crippen LogP contribution in [-0.4, -0.2) is 33.7 Å². The number of aromatic nitrogens is 2. The van der Waals surface area contributed by atoms with E-state index in [1.54, 1.807) is 24.3 Å². The molecule has 23 heavy (non-hydrogen) atoms. The number of aromatic carboxylic acids is 1. The molecule has 0 unspecified atom stereocenters. The van der Waals surface area contributed by atoms with Crippen molar-refractivity contribution < 1.29 is 14.7 Å².